The van der Waals surface area contributed by atoms with Gasteiger partial charge in [-0.15, -0.1) is 0 Å². The van der Waals surface area contributed by atoms with Crippen molar-refractivity contribution in [2.45, 2.75) is 568 Å². The first-order chi connectivity index (χ1) is 50.5. The molecule has 0 aromatic heterocycles. The smallest absolute Gasteiger partial charge is 0.0257 e. The normalized spacial score (nSPS) is 24.1. The molecule has 7 aliphatic rings. The van der Waals surface area contributed by atoms with Crippen LogP contribution in [0.1, 0.15) is 568 Å². The summed E-state index contributed by atoms with van der Waals surface area (Å²) in [4.78, 5) is 0. The standard InChI is InChI=1S/C11H24.2C10H22.3C9H20.C8H14.5C8H16.C8H18/c1-9(2,3)11(7,8)10(4,5)6;1-8(9(2,3)4)10(5,6)7;1-8(2)10(6,7)9(3,4)5;1-7-9(5,6)8(2,3)4;1-7(2)8(3)9(4,5)6;1-7(2)9(5,6)8(3)4;1-6-4-7-2-3-8(6)5-7;1-7-3-5-8(2)6-4-7;1-7-4-3-5-8(2)6-7;1-8(2)6-4-3-5-7-8;1-7-5-3-4-6-8(7)2;1-2-8-6-4-3-5-7-8;1-7(2,3)8(4,5)6/h1-8H3;2*8H,1-7H3;7H2,1-6H3;2*7-8H,1-6H3;6-8H,2-5H2,1H3;2*7-8H,3-6H2,1-2H3;3-7H2,1-2H3;7-8H,3-6H2,1-2H3;8H,2-7H2,1H3;1-6H3/t;;;;8-;;6-,7?,8?;;7-,8?;;7-,8?;;/m....1.0.1.1../s1. The van der Waals surface area contributed by atoms with Crippen molar-refractivity contribution < 1.29 is 0 Å². The second-order valence-electron chi connectivity index (χ2n) is 54.5. The van der Waals surface area contributed by atoms with Gasteiger partial charge in [-0.1, -0.05) is 529 Å². The average Bonchev–Trinajstić information content (AvgIpc) is 1.03. The van der Waals surface area contributed by atoms with Gasteiger partial charge in [0.15, 0.2) is 0 Å². The molecule has 7 fully saturated rings. The Labute approximate surface area is 733 Å². The lowest BCUT2D eigenvalue weighted by molar-refractivity contribution is 0.00575. The van der Waals surface area contributed by atoms with E-state index in [2.05, 4.69) is 388 Å². The molecule has 7 saturated carbocycles. The molecule has 0 nitrogen and oxygen atoms in total. The molecule has 114 heavy (non-hydrogen) atoms. The van der Waals surface area contributed by atoms with Crippen molar-refractivity contribution in [3.05, 3.63) is 0 Å². The van der Waals surface area contributed by atoms with Gasteiger partial charge in [0.05, 0.1) is 0 Å². The lowest BCUT2D eigenvalue weighted by atomic mass is 9.56. The van der Waals surface area contributed by atoms with Crippen LogP contribution >= 0.6 is 0 Å². The first-order valence-corrected chi connectivity index (χ1v) is 50.5. The van der Waals surface area contributed by atoms with Crippen molar-refractivity contribution in [2.75, 3.05) is 0 Å². The molecule has 0 aromatic rings. The molecule has 0 spiro atoms. The van der Waals surface area contributed by atoms with E-state index in [4.69, 9.17) is 0 Å². The molecule has 696 valence electrons. The highest BCUT2D eigenvalue weighted by atomic mass is 14.5. The molecule has 0 saturated heterocycles. The van der Waals surface area contributed by atoms with Crippen LogP contribution in [0.25, 0.3) is 0 Å². The van der Waals surface area contributed by atoms with Gasteiger partial charge in [-0.2, -0.15) is 0 Å². The van der Waals surface area contributed by atoms with Gasteiger partial charge in [0.2, 0.25) is 0 Å². The Morgan fingerprint density at radius 3 is 0.754 bits per heavy atom. The predicted molar refractivity (Wildman–Crippen MR) is 537 cm³/mol. The van der Waals surface area contributed by atoms with Gasteiger partial charge >= 0.3 is 0 Å². The number of fused-ring (bicyclic) bond motifs is 2. The molecule has 4 unspecified atom stereocenters. The lowest BCUT2D eigenvalue weighted by Gasteiger charge is -2.49. The minimum absolute atomic E-state index is 0.375. The third-order valence-corrected chi connectivity index (χ3v) is 34.9. The Kier molecular flexibility index (Phi) is 60.6. The molecule has 0 N–H and O–H groups in total. The van der Waals surface area contributed by atoms with E-state index in [9.17, 15) is 0 Å². The zero-order chi connectivity index (χ0) is 92.0. The van der Waals surface area contributed by atoms with E-state index in [0.717, 1.165) is 94.7 Å². The zero-order valence-electron chi connectivity index (χ0n) is 92.0. The van der Waals surface area contributed by atoms with Crippen molar-refractivity contribution in [1.82, 2.24) is 0 Å². The second-order valence-corrected chi connectivity index (χ2v) is 54.5. The molecular formula is C114H240. The number of hydrogen-bond acceptors (Lipinski definition) is 0. The maximum Gasteiger partial charge on any atom is -0.0257 e. The van der Waals surface area contributed by atoms with Gasteiger partial charge in [0.25, 0.3) is 0 Å². The van der Waals surface area contributed by atoms with Crippen LogP contribution in [0.15, 0.2) is 0 Å². The summed E-state index contributed by atoms with van der Waals surface area (Å²) in [7, 11) is 0. The molecule has 0 amide bonds. The molecule has 0 radical (unpaired) electrons. The van der Waals surface area contributed by atoms with E-state index in [1.807, 2.05) is 0 Å². The summed E-state index contributed by atoms with van der Waals surface area (Å²) in [5.74, 6) is 15.2. The van der Waals surface area contributed by atoms with Crippen molar-refractivity contribution >= 4 is 0 Å². The van der Waals surface area contributed by atoms with Crippen molar-refractivity contribution in [1.29, 1.82) is 0 Å². The third-order valence-electron chi connectivity index (χ3n) is 34.9. The topological polar surface area (TPSA) is 0 Å². The summed E-state index contributed by atoms with van der Waals surface area (Å²) in [6, 6.07) is 0. The van der Waals surface area contributed by atoms with Crippen LogP contribution in [0.4, 0.5) is 0 Å². The molecule has 8 atom stereocenters. The molecule has 0 aromatic carbocycles. The van der Waals surface area contributed by atoms with E-state index in [1.165, 1.54) is 154 Å². The van der Waals surface area contributed by atoms with Crippen LogP contribution < -0.4 is 0 Å². The Bertz CT molecular complexity index is 2120. The molecule has 0 heteroatoms. The monoisotopic (exact) mass is 1610 g/mol. The van der Waals surface area contributed by atoms with Crippen LogP contribution in [0.3, 0.4) is 0 Å². The van der Waals surface area contributed by atoms with Crippen LogP contribution in [0.2, 0.25) is 0 Å². The van der Waals surface area contributed by atoms with E-state index in [-0.39, 0.29) is 0 Å². The highest BCUT2D eigenvalue weighted by Crippen LogP contribution is 2.52. The van der Waals surface area contributed by atoms with E-state index >= 15 is 0 Å². The van der Waals surface area contributed by atoms with Crippen LogP contribution in [0.5, 0.6) is 0 Å². The minimum Gasteiger partial charge on any atom is -0.0651 e. The van der Waals surface area contributed by atoms with Crippen molar-refractivity contribution in [3.8, 4) is 0 Å². The van der Waals surface area contributed by atoms with E-state index < -0.39 is 0 Å². The summed E-state index contributed by atoms with van der Waals surface area (Å²) in [5.41, 5.74) is 6.34. The van der Waals surface area contributed by atoms with Crippen molar-refractivity contribution in [2.24, 2.45) is 170 Å². The quantitative estimate of drug-likeness (QED) is 0.249. The summed E-state index contributed by atoms with van der Waals surface area (Å²) >= 11 is 0. The fourth-order valence-corrected chi connectivity index (χ4v) is 15.8. The molecule has 7 aliphatic carbocycles. The van der Waals surface area contributed by atoms with Gasteiger partial charge < -0.3 is 0 Å². The molecule has 2 bridgehead atoms. The predicted octanol–water partition coefficient (Wildman–Crippen LogP) is 41.6. The van der Waals surface area contributed by atoms with Gasteiger partial charge in [-0.25, -0.2) is 0 Å². The summed E-state index contributed by atoms with van der Waals surface area (Å²) in [6.45, 7) is 130. The summed E-state index contributed by atoms with van der Waals surface area (Å²) in [6.07, 6.45) is 41.4. The maximum absolute atomic E-state index is 2.42. The van der Waals surface area contributed by atoms with Gasteiger partial charge in [-0.3, -0.25) is 0 Å². The molecular weight excluding hydrogens is 1370 g/mol. The lowest BCUT2D eigenvalue weighted by Crippen LogP contribution is -2.41. The fourth-order valence-electron chi connectivity index (χ4n) is 15.8. The zero-order valence-corrected chi connectivity index (χ0v) is 92.0. The molecule has 0 aliphatic heterocycles. The Morgan fingerprint density at radius 2 is 0.640 bits per heavy atom. The highest BCUT2D eigenvalue weighted by molar-refractivity contribution is 4.92. The largest absolute Gasteiger partial charge is 0.0651 e. The molecule has 0 heterocycles. The van der Waals surface area contributed by atoms with E-state index in [1.54, 1.807) is 25.7 Å². The van der Waals surface area contributed by atoms with Gasteiger partial charge in [0, 0.05) is 0 Å². The first-order valence-electron chi connectivity index (χ1n) is 50.5. The first kappa shape index (κ1) is 125. The van der Waals surface area contributed by atoms with Gasteiger partial charge in [-0.05, 0) is 209 Å². The van der Waals surface area contributed by atoms with Crippen LogP contribution in [-0.2, 0) is 0 Å². The van der Waals surface area contributed by atoms with Crippen LogP contribution in [0, 0.1) is 170 Å². The number of hydrogen-bond donors (Lipinski definition) is 0. The summed E-state index contributed by atoms with van der Waals surface area (Å²) in [5, 5.41) is 0. The Morgan fingerprint density at radius 1 is 0.298 bits per heavy atom. The Balaban J connectivity index is -0.000000277. The third kappa shape index (κ3) is 56.7. The SMILES string of the molecule is CC(C(C)(C)C)C(C)(C)C.CC(C)(C)C(C)(C)C.CC(C)(C)C(C)(C)C(C)(C)C.CC(C)C(C)(C)C(C)(C)C.CC(C)C(C)(C)C(C)C.CC(C)[C@@H](C)C(C)(C)C.CC1(C)CCCCC1.CC1CCC(C)CC1.CC1CCCC[C@H]1C.CC1CCC[C@@H](C)C1.CCC(C)(C)C(C)(C)C.CCC1CCCCC1.C[C@H]1CC2CCC1C2. The highest BCUT2D eigenvalue weighted by Gasteiger charge is 2.43. The van der Waals surface area contributed by atoms with Crippen molar-refractivity contribution in [3.63, 3.8) is 0 Å². The average molecular weight is 1610 g/mol. The van der Waals surface area contributed by atoms with Gasteiger partial charge in [0.1, 0.15) is 0 Å². The number of rotatable bonds is 6. The second kappa shape index (κ2) is 55.4. The molecule has 7 rings (SSSR count). The fraction of sp³-hybridized carbons (Fsp3) is 1.00. The Hall–Kier alpha value is 0. The van der Waals surface area contributed by atoms with E-state index in [0.29, 0.717) is 75.8 Å². The maximum atomic E-state index is 2.42. The summed E-state index contributed by atoms with van der Waals surface area (Å²) < 4.78 is 0. The minimum atomic E-state index is 0.375. The van der Waals surface area contributed by atoms with Crippen LogP contribution in [-0.4, -0.2) is 0 Å².